The Labute approximate surface area is 197 Å². The van der Waals surface area contributed by atoms with Crippen molar-refractivity contribution in [3.05, 3.63) is 59.7 Å². The maximum absolute atomic E-state index is 11.9. The van der Waals surface area contributed by atoms with Crippen LogP contribution in [-0.2, 0) is 9.59 Å². The van der Waals surface area contributed by atoms with E-state index in [0.717, 1.165) is 56.8 Å². The van der Waals surface area contributed by atoms with Crippen molar-refractivity contribution in [1.29, 1.82) is 0 Å². The summed E-state index contributed by atoms with van der Waals surface area (Å²) in [5.41, 5.74) is 4.49. The Morgan fingerprint density at radius 1 is 0.697 bits per heavy atom. The predicted molar refractivity (Wildman–Crippen MR) is 134 cm³/mol. The van der Waals surface area contributed by atoms with Gasteiger partial charge in [0.2, 0.25) is 11.8 Å². The van der Waals surface area contributed by atoms with Crippen molar-refractivity contribution in [3.8, 4) is 0 Å². The molecule has 4 rings (SSSR count). The van der Waals surface area contributed by atoms with E-state index in [4.69, 9.17) is 0 Å². The van der Waals surface area contributed by atoms with E-state index in [1.165, 1.54) is 11.1 Å². The van der Waals surface area contributed by atoms with Crippen molar-refractivity contribution in [2.75, 3.05) is 36.0 Å². The summed E-state index contributed by atoms with van der Waals surface area (Å²) in [5, 5.41) is 7.19. The number of rotatable bonds is 10. The Bertz CT molecular complexity index is 864. The summed E-state index contributed by atoms with van der Waals surface area (Å²) in [7, 11) is 0. The molecule has 2 heterocycles. The van der Waals surface area contributed by atoms with Gasteiger partial charge in [-0.3, -0.25) is 9.59 Å². The molecule has 2 atom stereocenters. The minimum atomic E-state index is 0.230. The lowest BCUT2D eigenvalue weighted by Gasteiger charge is -2.19. The molecule has 6 nitrogen and oxygen atoms in total. The zero-order valence-electron chi connectivity index (χ0n) is 19.8. The molecular weight excluding hydrogens is 412 g/mol. The maximum atomic E-state index is 11.9. The highest BCUT2D eigenvalue weighted by atomic mass is 16.2. The van der Waals surface area contributed by atoms with Gasteiger partial charge in [-0.25, -0.2) is 0 Å². The van der Waals surface area contributed by atoms with Gasteiger partial charge >= 0.3 is 0 Å². The minimum absolute atomic E-state index is 0.230. The van der Waals surface area contributed by atoms with Crippen LogP contribution in [0.15, 0.2) is 48.5 Å². The molecule has 2 aromatic carbocycles. The first-order chi connectivity index (χ1) is 16.0. The van der Waals surface area contributed by atoms with Gasteiger partial charge in [-0.1, -0.05) is 24.3 Å². The summed E-state index contributed by atoms with van der Waals surface area (Å²) in [4.78, 5) is 27.6. The van der Waals surface area contributed by atoms with Gasteiger partial charge in [-0.15, -0.1) is 0 Å². The number of nitrogens with zero attached hydrogens (tertiary/aromatic N) is 2. The molecule has 0 aromatic heterocycles. The van der Waals surface area contributed by atoms with Crippen molar-refractivity contribution >= 4 is 23.2 Å². The van der Waals surface area contributed by atoms with Crippen molar-refractivity contribution in [2.24, 2.45) is 0 Å². The Morgan fingerprint density at radius 3 is 1.42 bits per heavy atom. The van der Waals surface area contributed by atoms with E-state index in [1.807, 2.05) is 9.80 Å². The van der Waals surface area contributed by atoms with Gasteiger partial charge in [-0.05, 0) is 81.6 Å². The van der Waals surface area contributed by atoms with E-state index in [9.17, 15) is 9.59 Å². The third-order valence-corrected chi connectivity index (χ3v) is 6.81. The molecule has 6 heteroatoms. The number of carbonyl (C=O) groups excluding carboxylic acids is 2. The molecule has 2 aliphatic rings. The lowest BCUT2D eigenvalue weighted by Crippen LogP contribution is -2.26. The van der Waals surface area contributed by atoms with Crippen LogP contribution in [0.1, 0.15) is 69.2 Å². The summed E-state index contributed by atoms with van der Waals surface area (Å²) in [6.45, 7) is 7.89. The molecule has 2 amide bonds. The molecule has 2 N–H and O–H groups in total. The minimum Gasteiger partial charge on any atom is -0.312 e. The standard InChI is InChI=1S/C27H36N4O2/c1-20(22-8-12-24(13-9-22)30-18-3-6-26(30)32)28-16-5-17-29-21(2)23-10-14-25(15-11-23)31-19-4-7-27(31)33/h8-15,20-21,28-29H,3-7,16-19H2,1-2H3. The van der Waals surface area contributed by atoms with Gasteiger partial charge in [0.25, 0.3) is 0 Å². The zero-order chi connectivity index (χ0) is 23.2. The summed E-state index contributed by atoms with van der Waals surface area (Å²) in [6, 6.07) is 17.3. The molecule has 176 valence electrons. The molecule has 2 aromatic rings. The van der Waals surface area contributed by atoms with E-state index >= 15 is 0 Å². The number of nitrogens with one attached hydrogen (secondary N) is 2. The first-order valence-electron chi connectivity index (χ1n) is 12.3. The highest BCUT2D eigenvalue weighted by Crippen LogP contribution is 2.24. The van der Waals surface area contributed by atoms with Crippen LogP contribution in [0.25, 0.3) is 0 Å². The largest absolute Gasteiger partial charge is 0.312 e. The zero-order valence-corrected chi connectivity index (χ0v) is 19.8. The predicted octanol–water partition coefficient (Wildman–Crippen LogP) is 4.33. The Hall–Kier alpha value is -2.70. The fourth-order valence-corrected chi connectivity index (χ4v) is 4.69. The third-order valence-electron chi connectivity index (χ3n) is 6.81. The normalized spacial score (nSPS) is 18.2. The SMILES string of the molecule is CC(NCCCNC(C)c1ccc(N2CCCC2=O)cc1)c1ccc(N2CCCC2=O)cc1. The van der Waals surface area contributed by atoms with Gasteiger partial charge in [0, 0.05) is 49.4 Å². The number of benzene rings is 2. The highest BCUT2D eigenvalue weighted by molar-refractivity contribution is 5.95. The van der Waals surface area contributed by atoms with Crippen LogP contribution in [0.4, 0.5) is 11.4 Å². The second kappa shape index (κ2) is 10.9. The number of hydrogen-bond acceptors (Lipinski definition) is 4. The molecule has 0 bridgehead atoms. The van der Waals surface area contributed by atoms with Gasteiger partial charge < -0.3 is 20.4 Å². The molecule has 0 saturated carbocycles. The van der Waals surface area contributed by atoms with Crippen LogP contribution < -0.4 is 20.4 Å². The summed E-state index contributed by atoms with van der Waals surface area (Å²) < 4.78 is 0. The fourth-order valence-electron chi connectivity index (χ4n) is 4.69. The van der Waals surface area contributed by atoms with Crippen LogP contribution in [0.2, 0.25) is 0 Å². The number of amides is 2. The van der Waals surface area contributed by atoms with E-state index in [-0.39, 0.29) is 23.9 Å². The first kappa shape index (κ1) is 23.5. The van der Waals surface area contributed by atoms with Crippen LogP contribution in [0.3, 0.4) is 0 Å². The average Bonchev–Trinajstić information content (AvgIpc) is 3.46. The number of anilines is 2. The third kappa shape index (κ3) is 5.81. The summed E-state index contributed by atoms with van der Waals surface area (Å²) in [6.07, 6.45) is 4.27. The van der Waals surface area contributed by atoms with Crippen LogP contribution in [-0.4, -0.2) is 38.0 Å². The van der Waals surface area contributed by atoms with E-state index in [0.29, 0.717) is 12.8 Å². The van der Waals surface area contributed by atoms with Crippen molar-refractivity contribution < 1.29 is 9.59 Å². The Kier molecular flexibility index (Phi) is 7.78. The van der Waals surface area contributed by atoms with Gasteiger partial charge in [0.15, 0.2) is 0 Å². The highest BCUT2D eigenvalue weighted by Gasteiger charge is 2.22. The van der Waals surface area contributed by atoms with Crippen molar-refractivity contribution in [2.45, 2.75) is 58.0 Å². The molecule has 33 heavy (non-hydrogen) atoms. The number of carbonyl (C=O) groups is 2. The summed E-state index contributed by atoms with van der Waals surface area (Å²) >= 11 is 0. The Morgan fingerprint density at radius 2 is 1.09 bits per heavy atom. The van der Waals surface area contributed by atoms with Crippen LogP contribution in [0.5, 0.6) is 0 Å². The van der Waals surface area contributed by atoms with Gasteiger partial charge in [0.1, 0.15) is 0 Å². The molecule has 0 radical (unpaired) electrons. The molecule has 2 aliphatic heterocycles. The Balaban J connectivity index is 1.16. The van der Waals surface area contributed by atoms with Crippen molar-refractivity contribution in [3.63, 3.8) is 0 Å². The summed E-state index contributed by atoms with van der Waals surface area (Å²) in [5.74, 6) is 0.460. The van der Waals surface area contributed by atoms with Crippen molar-refractivity contribution in [1.82, 2.24) is 10.6 Å². The van der Waals surface area contributed by atoms with Crippen LogP contribution in [0, 0.1) is 0 Å². The molecule has 2 unspecified atom stereocenters. The maximum Gasteiger partial charge on any atom is 0.227 e. The van der Waals surface area contributed by atoms with Crippen LogP contribution >= 0.6 is 0 Å². The molecule has 0 aliphatic carbocycles. The fraction of sp³-hybridized carbons (Fsp3) is 0.481. The topological polar surface area (TPSA) is 64.7 Å². The van der Waals surface area contributed by atoms with Gasteiger partial charge in [-0.2, -0.15) is 0 Å². The quantitative estimate of drug-likeness (QED) is 0.531. The van der Waals surface area contributed by atoms with E-state index in [1.54, 1.807) is 0 Å². The van der Waals surface area contributed by atoms with E-state index < -0.39 is 0 Å². The lowest BCUT2D eigenvalue weighted by atomic mass is 10.1. The number of hydrogen-bond donors (Lipinski definition) is 2. The molecule has 0 spiro atoms. The first-order valence-corrected chi connectivity index (χ1v) is 12.3. The molecule has 2 fully saturated rings. The second-order valence-corrected chi connectivity index (χ2v) is 9.19. The monoisotopic (exact) mass is 448 g/mol. The second-order valence-electron chi connectivity index (χ2n) is 9.19. The average molecular weight is 449 g/mol. The van der Waals surface area contributed by atoms with Gasteiger partial charge in [0.05, 0.1) is 0 Å². The van der Waals surface area contributed by atoms with E-state index in [2.05, 4.69) is 73.0 Å². The molecular formula is C27H36N4O2. The molecule has 2 saturated heterocycles. The smallest absolute Gasteiger partial charge is 0.227 e. The lowest BCUT2D eigenvalue weighted by molar-refractivity contribution is -0.117.